The van der Waals surface area contributed by atoms with E-state index in [4.69, 9.17) is 5.73 Å². The van der Waals surface area contributed by atoms with Crippen molar-refractivity contribution in [1.29, 1.82) is 0 Å². The molecular formula is C14H19N5O. The zero-order valence-corrected chi connectivity index (χ0v) is 11.7. The standard InChI is InChI=1S/C14H19N5O/c1-14(2)9(7-15)6-11(14)18-13(20)10-8-16-12-4-3-5-17-19(10)12/h3-5,8-9,11H,6-7,15H2,1-2H3,(H,18,20). The van der Waals surface area contributed by atoms with Gasteiger partial charge in [0.15, 0.2) is 5.65 Å². The third-order valence-corrected chi connectivity index (χ3v) is 4.57. The number of aromatic nitrogens is 3. The highest BCUT2D eigenvalue weighted by atomic mass is 16.2. The summed E-state index contributed by atoms with van der Waals surface area (Å²) in [5.74, 6) is 0.331. The van der Waals surface area contributed by atoms with Crippen LogP contribution in [0, 0.1) is 11.3 Å². The number of carbonyl (C=O) groups excluding carboxylic acids is 1. The fourth-order valence-electron chi connectivity index (χ4n) is 2.88. The summed E-state index contributed by atoms with van der Waals surface area (Å²) in [5, 5.41) is 7.22. The van der Waals surface area contributed by atoms with E-state index in [0.717, 1.165) is 6.42 Å². The van der Waals surface area contributed by atoms with Crippen LogP contribution in [-0.2, 0) is 0 Å². The summed E-state index contributed by atoms with van der Waals surface area (Å²) in [5.41, 5.74) is 6.91. The largest absolute Gasteiger partial charge is 0.347 e. The number of hydrogen-bond donors (Lipinski definition) is 2. The first-order valence-corrected chi connectivity index (χ1v) is 6.83. The SMILES string of the molecule is CC1(C)C(CN)CC1NC(=O)c1cnc2cccnn12. The normalized spacial score (nSPS) is 24.4. The summed E-state index contributed by atoms with van der Waals surface area (Å²) >= 11 is 0. The fourth-order valence-corrected chi connectivity index (χ4v) is 2.88. The average molecular weight is 273 g/mol. The van der Waals surface area contributed by atoms with Crippen molar-refractivity contribution in [2.24, 2.45) is 17.1 Å². The second-order valence-electron chi connectivity index (χ2n) is 5.95. The van der Waals surface area contributed by atoms with Gasteiger partial charge < -0.3 is 11.1 Å². The average Bonchev–Trinajstić information content (AvgIpc) is 2.86. The molecule has 2 atom stereocenters. The van der Waals surface area contributed by atoms with Gasteiger partial charge in [0.1, 0.15) is 5.69 Å². The van der Waals surface area contributed by atoms with Crippen LogP contribution in [-0.4, -0.2) is 33.1 Å². The number of imidazole rings is 1. The van der Waals surface area contributed by atoms with Gasteiger partial charge in [0.25, 0.3) is 5.91 Å². The van der Waals surface area contributed by atoms with Gasteiger partial charge in [-0.2, -0.15) is 5.10 Å². The third kappa shape index (κ3) is 1.87. The first-order chi connectivity index (χ1) is 9.54. The maximum atomic E-state index is 12.4. The van der Waals surface area contributed by atoms with Crippen LogP contribution in [0.4, 0.5) is 0 Å². The van der Waals surface area contributed by atoms with Crippen LogP contribution in [0.5, 0.6) is 0 Å². The van der Waals surface area contributed by atoms with E-state index < -0.39 is 0 Å². The lowest BCUT2D eigenvalue weighted by molar-refractivity contribution is 0.0198. The highest BCUT2D eigenvalue weighted by Gasteiger charge is 2.47. The topological polar surface area (TPSA) is 85.3 Å². The quantitative estimate of drug-likeness (QED) is 0.867. The van der Waals surface area contributed by atoms with Gasteiger partial charge in [-0.05, 0) is 36.4 Å². The predicted octanol–water partition coefficient (Wildman–Crippen LogP) is 0.832. The molecule has 6 nitrogen and oxygen atoms in total. The van der Waals surface area contributed by atoms with Gasteiger partial charge in [0.05, 0.1) is 6.20 Å². The van der Waals surface area contributed by atoms with Crippen molar-refractivity contribution in [3.05, 3.63) is 30.2 Å². The smallest absolute Gasteiger partial charge is 0.271 e. The molecule has 1 aliphatic rings. The molecule has 2 unspecified atom stereocenters. The molecule has 2 aromatic rings. The highest BCUT2D eigenvalue weighted by Crippen LogP contribution is 2.45. The van der Waals surface area contributed by atoms with Crippen LogP contribution in [0.15, 0.2) is 24.5 Å². The Morgan fingerprint density at radius 2 is 2.40 bits per heavy atom. The molecule has 6 heteroatoms. The van der Waals surface area contributed by atoms with Crippen molar-refractivity contribution in [2.45, 2.75) is 26.3 Å². The number of rotatable bonds is 3. The van der Waals surface area contributed by atoms with Gasteiger partial charge in [-0.3, -0.25) is 4.79 Å². The molecule has 0 radical (unpaired) electrons. The molecule has 2 heterocycles. The second kappa shape index (κ2) is 4.56. The minimum Gasteiger partial charge on any atom is -0.347 e. The molecule has 0 aliphatic heterocycles. The predicted molar refractivity (Wildman–Crippen MR) is 75.2 cm³/mol. The maximum Gasteiger partial charge on any atom is 0.271 e. The van der Waals surface area contributed by atoms with Crippen LogP contribution in [0.1, 0.15) is 30.8 Å². The zero-order valence-electron chi connectivity index (χ0n) is 11.7. The van der Waals surface area contributed by atoms with Crippen LogP contribution in [0.25, 0.3) is 5.65 Å². The van der Waals surface area contributed by atoms with Crippen LogP contribution < -0.4 is 11.1 Å². The molecule has 1 aliphatic carbocycles. The van der Waals surface area contributed by atoms with Gasteiger partial charge in [-0.15, -0.1) is 0 Å². The molecular weight excluding hydrogens is 254 g/mol. The van der Waals surface area contributed by atoms with Crippen LogP contribution >= 0.6 is 0 Å². The monoisotopic (exact) mass is 273 g/mol. The summed E-state index contributed by atoms with van der Waals surface area (Å²) in [6.07, 6.45) is 4.13. The lowest BCUT2D eigenvalue weighted by Crippen LogP contribution is -2.60. The van der Waals surface area contributed by atoms with Gasteiger partial charge >= 0.3 is 0 Å². The zero-order chi connectivity index (χ0) is 14.3. The van der Waals surface area contributed by atoms with E-state index in [-0.39, 0.29) is 17.4 Å². The van der Waals surface area contributed by atoms with E-state index in [9.17, 15) is 4.79 Å². The van der Waals surface area contributed by atoms with Gasteiger partial charge in [-0.25, -0.2) is 9.50 Å². The molecule has 3 N–H and O–H groups in total. The van der Waals surface area contributed by atoms with E-state index >= 15 is 0 Å². The van der Waals surface area contributed by atoms with E-state index in [1.165, 1.54) is 0 Å². The fraction of sp³-hybridized carbons (Fsp3) is 0.500. The Morgan fingerprint density at radius 3 is 3.10 bits per heavy atom. The summed E-state index contributed by atoms with van der Waals surface area (Å²) in [6.45, 7) is 4.95. The number of hydrogen-bond acceptors (Lipinski definition) is 4. The van der Waals surface area contributed by atoms with Crippen molar-refractivity contribution in [3.8, 4) is 0 Å². The minimum atomic E-state index is -0.134. The third-order valence-electron chi connectivity index (χ3n) is 4.57. The van der Waals surface area contributed by atoms with Crippen LogP contribution in [0.2, 0.25) is 0 Å². The lowest BCUT2D eigenvalue weighted by Gasteiger charge is -2.52. The minimum absolute atomic E-state index is 0.0400. The number of nitrogens with one attached hydrogen (secondary N) is 1. The van der Waals surface area contributed by atoms with E-state index in [1.807, 2.05) is 6.07 Å². The van der Waals surface area contributed by atoms with E-state index in [1.54, 1.807) is 23.0 Å². The van der Waals surface area contributed by atoms with Gasteiger partial charge in [0, 0.05) is 12.2 Å². The molecule has 1 amide bonds. The summed E-state index contributed by atoms with van der Waals surface area (Å²) in [4.78, 5) is 16.5. The maximum absolute atomic E-state index is 12.4. The molecule has 3 rings (SSSR count). The first kappa shape index (κ1) is 13.1. The molecule has 20 heavy (non-hydrogen) atoms. The van der Waals surface area contributed by atoms with E-state index in [0.29, 0.717) is 23.8 Å². The number of amides is 1. The number of nitrogens with two attached hydrogens (primary N) is 1. The van der Waals surface area contributed by atoms with Gasteiger partial charge in [0.2, 0.25) is 0 Å². The number of fused-ring (bicyclic) bond motifs is 1. The number of nitrogens with zero attached hydrogens (tertiary/aromatic N) is 3. The van der Waals surface area contributed by atoms with Crippen molar-refractivity contribution in [3.63, 3.8) is 0 Å². The Balaban J connectivity index is 1.78. The summed E-state index contributed by atoms with van der Waals surface area (Å²) in [7, 11) is 0. The van der Waals surface area contributed by atoms with Crippen LogP contribution in [0.3, 0.4) is 0 Å². The second-order valence-corrected chi connectivity index (χ2v) is 5.95. The van der Waals surface area contributed by atoms with Crippen molar-refractivity contribution >= 4 is 11.6 Å². The van der Waals surface area contributed by atoms with Crippen molar-refractivity contribution in [2.75, 3.05) is 6.54 Å². The highest BCUT2D eigenvalue weighted by molar-refractivity contribution is 5.93. The Kier molecular flexibility index (Phi) is 2.97. The Hall–Kier alpha value is -1.95. The molecule has 0 saturated heterocycles. The van der Waals surface area contributed by atoms with Crippen molar-refractivity contribution < 1.29 is 4.79 Å². The van der Waals surface area contributed by atoms with E-state index in [2.05, 4.69) is 29.2 Å². The lowest BCUT2D eigenvalue weighted by atomic mass is 9.58. The molecule has 0 aromatic carbocycles. The Labute approximate surface area is 117 Å². The molecule has 1 fully saturated rings. The molecule has 0 bridgehead atoms. The van der Waals surface area contributed by atoms with Gasteiger partial charge in [-0.1, -0.05) is 13.8 Å². The summed E-state index contributed by atoms with van der Waals surface area (Å²) < 4.78 is 1.56. The summed E-state index contributed by atoms with van der Waals surface area (Å²) in [6, 6.07) is 3.77. The van der Waals surface area contributed by atoms with Crippen molar-refractivity contribution in [1.82, 2.24) is 19.9 Å². The Morgan fingerprint density at radius 1 is 1.60 bits per heavy atom. The number of carbonyl (C=O) groups is 1. The molecule has 106 valence electrons. The molecule has 2 aromatic heterocycles. The Bertz CT molecular complexity index is 648. The molecule has 1 saturated carbocycles. The first-order valence-electron chi connectivity index (χ1n) is 6.83. The molecule has 0 spiro atoms.